The molecular formula is C14H20N2OS2. The summed E-state index contributed by atoms with van der Waals surface area (Å²) in [4.78, 5) is 9.30. The molecular weight excluding hydrogens is 276 g/mol. The number of thiophene rings is 1. The van der Waals surface area contributed by atoms with Crippen molar-refractivity contribution in [2.24, 2.45) is 0 Å². The molecule has 0 radical (unpaired) electrons. The maximum atomic E-state index is 9.12. The fourth-order valence-corrected chi connectivity index (χ4v) is 3.67. The lowest BCUT2D eigenvalue weighted by atomic mass is 10.3. The van der Waals surface area contributed by atoms with Crippen LogP contribution in [0.2, 0.25) is 0 Å². The molecule has 0 spiro atoms. The highest BCUT2D eigenvalue weighted by Crippen LogP contribution is 2.29. The van der Waals surface area contributed by atoms with Gasteiger partial charge in [-0.1, -0.05) is 19.4 Å². The number of hydrogen-bond donors (Lipinski definition) is 1. The summed E-state index contributed by atoms with van der Waals surface area (Å²) in [6, 6.07) is 4.16. The molecule has 0 bridgehead atoms. The van der Waals surface area contributed by atoms with Crippen LogP contribution >= 0.6 is 22.7 Å². The normalized spacial score (nSPS) is 11.3. The van der Waals surface area contributed by atoms with Gasteiger partial charge in [-0.15, -0.1) is 22.7 Å². The van der Waals surface area contributed by atoms with Gasteiger partial charge in [0.2, 0.25) is 0 Å². The van der Waals surface area contributed by atoms with Crippen LogP contribution < -0.4 is 0 Å². The molecule has 0 aromatic carbocycles. The Kier molecular flexibility index (Phi) is 5.97. The van der Waals surface area contributed by atoms with Gasteiger partial charge in [-0.25, -0.2) is 4.98 Å². The van der Waals surface area contributed by atoms with Crippen LogP contribution in [0.15, 0.2) is 23.7 Å². The van der Waals surface area contributed by atoms with Crippen LogP contribution in [0.3, 0.4) is 0 Å². The van der Waals surface area contributed by atoms with Gasteiger partial charge in [-0.05, 0) is 24.4 Å². The smallest absolute Gasteiger partial charge is 0.133 e. The first kappa shape index (κ1) is 14.7. The van der Waals surface area contributed by atoms with E-state index in [1.54, 1.807) is 22.7 Å². The Labute approximate surface area is 122 Å². The van der Waals surface area contributed by atoms with Gasteiger partial charge < -0.3 is 5.11 Å². The maximum Gasteiger partial charge on any atom is 0.133 e. The van der Waals surface area contributed by atoms with Crippen molar-refractivity contribution >= 4 is 22.7 Å². The van der Waals surface area contributed by atoms with Crippen molar-refractivity contribution in [3.63, 3.8) is 0 Å². The third kappa shape index (κ3) is 4.38. The molecule has 0 aliphatic rings. The van der Waals surface area contributed by atoms with Crippen LogP contribution in [0.25, 0.3) is 9.88 Å². The van der Waals surface area contributed by atoms with E-state index < -0.39 is 0 Å². The Bertz CT molecular complexity index is 468. The zero-order valence-corrected chi connectivity index (χ0v) is 12.8. The fourth-order valence-electron chi connectivity index (χ4n) is 1.91. The third-order valence-corrected chi connectivity index (χ3v) is 4.93. The predicted molar refractivity (Wildman–Crippen MR) is 82.7 cm³/mol. The Balaban J connectivity index is 1.97. The molecule has 104 valence electrons. The highest BCUT2D eigenvalue weighted by molar-refractivity contribution is 7.20. The van der Waals surface area contributed by atoms with Crippen molar-refractivity contribution in [2.75, 3.05) is 19.7 Å². The highest BCUT2D eigenvalue weighted by Gasteiger charge is 2.09. The standard InChI is InChI=1S/C14H20N2OS2/c1-2-3-6-16(7-8-17)11-12-10-15-14(19-12)13-5-4-9-18-13/h4-5,9-10,17H,2-3,6-8,11H2,1H3. The fraction of sp³-hybridized carbons (Fsp3) is 0.500. The molecule has 2 rings (SSSR count). The summed E-state index contributed by atoms with van der Waals surface area (Å²) >= 11 is 3.48. The van der Waals surface area contributed by atoms with Gasteiger partial charge in [-0.2, -0.15) is 0 Å². The number of hydrogen-bond acceptors (Lipinski definition) is 5. The molecule has 0 amide bonds. The van der Waals surface area contributed by atoms with E-state index in [1.807, 2.05) is 6.20 Å². The third-order valence-electron chi connectivity index (χ3n) is 2.91. The monoisotopic (exact) mass is 296 g/mol. The summed E-state index contributed by atoms with van der Waals surface area (Å²) in [5.41, 5.74) is 0. The van der Waals surface area contributed by atoms with Crippen LogP contribution in [-0.4, -0.2) is 34.7 Å². The molecule has 0 atom stereocenters. The molecule has 0 saturated heterocycles. The van der Waals surface area contributed by atoms with Crippen LogP contribution in [0.4, 0.5) is 0 Å². The average Bonchev–Trinajstić information content (AvgIpc) is 3.06. The van der Waals surface area contributed by atoms with Crippen LogP contribution in [-0.2, 0) is 6.54 Å². The first-order valence-corrected chi connectivity index (χ1v) is 8.35. The first-order valence-electron chi connectivity index (χ1n) is 6.65. The van der Waals surface area contributed by atoms with E-state index in [4.69, 9.17) is 5.11 Å². The van der Waals surface area contributed by atoms with Crippen molar-refractivity contribution in [3.05, 3.63) is 28.6 Å². The molecule has 0 saturated carbocycles. The Morgan fingerprint density at radius 2 is 2.26 bits per heavy atom. The van der Waals surface area contributed by atoms with Gasteiger partial charge in [0.1, 0.15) is 5.01 Å². The van der Waals surface area contributed by atoms with Crippen LogP contribution in [0, 0.1) is 0 Å². The Morgan fingerprint density at radius 3 is 2.95 bits per heavy atom. The Hall–Kier alpha value is -0.750. The van der Waals surface area contributed by atoms with Crippen LogP contribution in [0.5, 0.6) is 0 Å². The average molecular weight is 296 g/mol. The predicted octanol–water partition coefficient (Wildman–Crippen LogP) is 3.47. The lowest BCUT2D eigenvalue weighted by Gasteiger charge is -2.19. The molecule has 2 aromatic rings. The maximum absolute atomic E-state index is 9.12. The van der Waals surface area contributed by atoms with E-state index in [0.717, 1.165) is 24.6 Å². The number of unbranched alkanes of at least 4 members (excludes halogenated alkanes) is 1. The quantitative estimate of drug-likeness (QED) is 0.810. The topological polar surface area (TPSA) is 36.4 Å². The van der Waals surface area contributed by atoms with E-state index in [1.165, 1.54) is 22.6 Å². The molecule has 5 heteroatoms. The molecule has 2 heterocycles. The highest BCUT2D eigenvalue weighted by atomic mass is 32.1. The summed E-state index contributed by atoms with van der Waals surface area (Å²) in [6.45, 7) is 5.10. The minimum Gasteiger partial charge on any atom is -0.395 e. The van der Waals surface area contributed by atoms with Gasteiger partial charge in [0, 0.05) is 24.2 Å². The van der Waals surface area contributed by atoms with Crippen molar-refractivity contribution < 1.29 is 5.11 Å². The molecule has 0 aliphatic carbocycles. The van der Waals surface area contributed by atoms with Gasteiger partial charge in [-0.3, -0.25) is 4.90 Å². The second-order valence-corrected chi connectivity index (χ2v) is 6.53. The zero-order chi connectivity index (χ0) is 13.5. The van der Waals surface area contributed by atoms with E-state index >= 15 is 0 Å². The summed E-state index contributed by atoms with van der Waals surface area (Å²) in [6.07, 6.45) is 4.33. The van der Waals surface area contributed by atoms with E-state index in [-0.39, 0.29) is 6.61 Å². The van der Waals surface area contributed by atoms with Gasteiger partial charge in [0.15, 0.2) is 0 Å². The number of aromatic nitrogens is 1. The molecule has 0 fully saturated rings. The molecule has 2 aromatic heterocycles. The second-order valence-electron chi connectivity index (χ2n) is 4.46. The van der Waals surface area contributed by atoms with Crippen molar-refractivity contribution in [2.45, 2.75) is 26.3 Å². The summed E-state index contributed by atoms with van der Waals surface area (Å²) in [7, 11) is 0. The summed E-state index contributed by atoms with van der Waals surface area (Å²) < 4.78 is 0. The molecule has 19 heavy (non-hydrogen) atoms. The van der Waals surface area contributed by atoms with E-state index in [0.29, 0.717) is 0 Å². The first-order chi connectivity index (χ1) is 9.33. The Morgan fingerprint density at radius 1 is 1.37 bits per heavy atom. The number of aliphatic hydroxyl groups excluding tert-OH is 1. The number of aliphatic hydroxyl groups is 1. The lowest BCUT2D eigenvalue weighted by Crippen LogP contribution is -2.27. The van der Waals surface area contributed by atoms with Crippen molar-refractivity contribution in [1.29, 1.82) is 0 Å². The van der Waals surface area contributed by atoms with E-state index in [2.05, 4.69) is 34.3 Å². The minimum atomic E-state index is 0.223. The van der Waals surface area contributed by atoms with Gasteiger partial charge in [0.05, 0.1) is 11.5 Å². The molecule has 1 N–H and O–H groups in total. The molecule has 0 unspecified atom stereocenters. The molecule has 3 nitrogen and oxygen atoms in total. The second kappa shape index (κ2) is 7.75. The van der Waals surface area contributed by atoms with Gasteiger partial charge in [0.25, 0.3) is 0 Å². The number of nitrogens with zero attached hydrogens (tertiary/aromatic N) is 2. The van der Waals surface area contributed by atoms with E-state index in [9.17, 15) is 0 Å². The number of rotatable bonds is 8. The van der Waals surface area contributed by atoms with Gasteiger partial charge >= 0.3 is 0 Å². The van der Waals surface area contributed by atoms with Crippen LogP contribution in [0.1, 0.15) is 24.6 Å². The summed E-state index contributed by atoms with van der Waals surface area (Å²) in [5, 5.41) is 12.3. The zero-order valence-electron chi connectivity index (χ0n) is 11.2. The lowest BCUT2D eigenvalue weighted by molar-refractivity contribution is 0.189. The van der Waals surface area contributed by atoms with Crippen molar-refractivity contribution in [1.82, 2.24) is 9.88 Å². The molecule has 0 aliphatic heterocycles. The minimum absolute atomic E-state index is 0.223. The number of thiazole rings is 1. The largest absolute Gasteiger partial charge is 0.395 e. The van der Waals surface area contributed by atoms with Crippen molar-refractivity contribution in [3.8, 4) is 9.88 Å². The SMILES string of the molecule is CCCCN(CCO)Cc1cnc(-c2cccs2)s1. The summed E-state index contributed by atoms with van der Waals surface area (Å²) in [5.74, 6) is 0.